The van der Waals surface area contributed by atoms with Gasteiger partial charge in [-0.3, -0.25) is 0 Å². The number of rotatable bonds is 5. The Labute approximate surface area is 121 Å². The molecule has 0 bridgehead atoms. The first-order valence-corrected chi connectivity index (χ1v) is 7.33. The van der Waals surface area contributed by atoms with Gasteiger partial charge in [0, 0.05) is 29.9 Å². The Morgan fingerprint density at radius 1 is 1.45 bits per heavy atom. The molecule has 2 unspecified atom stereocenters. The molecule has 0 radical (unpaired) electrons. The fourth-order valence-corrected chi connectivity index (χ4v) is 2.82. The maximum Gasteiger partial charge on any atom is 0.126 e. The molecule has 20 heavy (non-hydrogen) atoms. The van der Waals surface area contributed by atoms with Gasteiger partial charge in [0.05, 0.1) is 20.3 Å². The molecule has 112 valence electrons. The summed E-state index contributed by atoms with van der Waals surface area (Å²) >= 11 is 0. The van der Waals surface area contributed by atoms with Crippen molar-refractivity contribution in [1.82, 2.24) is 5.32 Å². The van der Waals surface area contributed by atoms with E-state index in [1.807, 2.05) is 0 Å². The van der Waals surface area contributed by atoms with Gasteiger partial charge in [0.25, 0.3) is 0 Å². The number of anilines is 1. The summed E-state index contributed by atoms with van der Waals surface area (Å²) in [5.41, 5.74) is 3.49. The smallest absolute Gasteiger partial charge is 0.126 e. The summed E-state index contributed by atoms with van der Waals surface area (Å²) in [6.07, 6.45) is 1.05. The first-order valence-electron chi connectivity index (χ1n) is 7.33. The summed E-state index contributed by atoms with van der Waals surface area (Å²) in [5, 5.41) is 7.08. The van der Waals surface area contributed by atoms with E-state index in [1.165, 1.54) is 11.1 Å². The summed E-state index contributed by atoms with van der Waals surface area (Å²) < 4.78 is 11.0. The first-order chi connectivity index (χ1) is 9.61. The number of ether oxygens (including phenoxy) is 2. The van der Waals surface area contributed by atoms with Crippen molar-refractivity contribution in [2.45, 2.75) is 39.3 Å². The molecule has 2 rings (SSSR count). The van der Waals surface area contributed by atoms with Crippen molar-refractivity contribution in [3.8, 4) is 5.75 Å². The van der Waals surface area contributed by atoms with Crippen LogP contribution in [0.2, 0.25) is 0 Å². The highest BCUT2D eigenvalue weighted by molar-refractivity contribution is 5.60. The summed E-state index contributed by atoms with van der Waals surface area (Å²) in [6.45, 7) is 8.97. The van der Waals surface area contributed by atoms with Crippen molar-refractivity contribution in [2.24, 2.45) is 0 Å². The normalized spacial score (nSPS) is 20.5. The first kappa shape index (κ1) is 15.1. The van der Waals surface area contributed by atoms with Gasteiger partial charge in [-0.1, -0.05) is 6.07 Å². The monoisotopic (exact) mass is 278 g/mol. The van der Waals surface area contributed by atoms with Crippen LogP contribution in [-0.4, -0.2) is 39.0 Å². The lowest BCUT2D eigenvalue weighted by molar-refractivity contribution is 0.0731. The minimum atomic E-state index is 0.389. The van der Waals surface area contributed by atoms with Crippen molar-refractivity contribution in [3.63, 3.8) is 0 Å². The zero-order valence-corrected chi connectivity index (χ0v) is 13.0. The molecule has 0 saturated carbocycles. The molecule has 1 heterocycles. The van der Waals surface area contributed by atoms with Crippen molar-refractivity contribution in [3.05, 3.63) is 23.3 Å². The number of benzene rings is 1. The predicted octanol–water partition coefficient (Wildman–Crippen LogP) is 2.49. The Bertz CT molecular complexity index is 442. The highest BCUT2D eigenvalue weighted by Gasteiger charge is 2.17. The largest absolute Gasteiger partial charge is 0.496 e. The average molecular weight is 278 g/mol. The summed E-state index contributed by atoms with van der Waals surface area (Å²) in [5.74, 6) is 0.973. The van der Waals surface area contributed by atoms with Gasteiger partial charge in [-0.25, -0.2) is 0 Å². The SMILES string of the molecule is COc1c(C)ccc(NC(C)CC2COCCN2)c1C. The third-order valence-corrected chi connectivity index (χ3v) is 3.85. The van der Waals surface area contributed by atoms with Gasteiger partial charge in [0.15, 0.2) is 0 Å². The number of methoxy groups -OCH3 is 1. The molecule has 1 fully saturated rings. The number of hydrogen-bond donors (Lipinski definition) is 2. The number of aryl methyl sites for hydroxylation is 1. The highest BCUT2D eigenvalue weighted by Crippen LogP contribution is 2.29. The molecule has 4 nitrogen and oxygen atoms in total. The fourth-order valence-electron chi connectivity index (χ4n) is 2.82. The lowest BCUT2D eigenvalue weighted by Crippen LogP contribution is -2.43. The van der Waals surface area contributed by atoms with E-state index >= 15 is 0 Å². The second kappa shape index (κ2) is 6.95. The number of hydrogen-bond acceptors (Lipinski definition) is 4. The van der Waals surface area contributed by atoms with Crippen molar-refractivity contribution in [2.75, 3.05) is 32.2 Å². The van der Waals surface area contributed by atoms with Crippen LogP contribution in [0.1, 0.15) is 24.5 Å². The van der Waals surface area contributed by atoms with E-state index in [4.69, 9.17) is 9.47 Å². The van der Waals surface area contributed by atoms with Crippen LogP contribution in [0.4, 0.5) is 5.69 Å². The topological polar surface area (TPSA) is 42.5 Å². The molecule has 2 atom stereocenters. The summed E-state index contributed by atoms with van der Waals surface area (Å²) in [6, 6.07) is 5.07. The Balaban J connectivity index is 1.98. The van der Waals surface area contributed by atoms with Gasteiger partial charge in [-0.2, -0.15) is 0 Å². The molecule has 1 aromatic carbocycles. The quantitative estimate of drug-likeness (QED) is 0.868. The van der Waals surface area contributed by atoms with Crippen LogP contribution in [0.3, 0.4) is 0 Å². The molecule has 4 heteroatoms. The molecular formula is C16H26N2O2. The second-order valence-corrected chi connectivity index (χ2v) is 5.60. The Kier molecular flexibility index (Phi) is 5.26. The maximum absolute atomic E-state index is 5.50. The zero-order valence-electron chi connectivity index (χ0n) is 13.0. The molecule has 0 aliphatic carbocycles. The zero-order chi connectivity index (χ0) is 14.5. The van der Waals surface area contributed by atoms with Crippen LogP contribution in [-0.2, 0) is 4.74 Å². The molecule has 1 saturated heterocycles. The van der Waals surface area contributed by atoms with Crippen LogP contribution in [0.5, 0.6) is 5.75 Å². The van der Waals surface area contributed by atoms with Crippen LogP contribution in [0.25, 0.3) is 0 Å². The lowest BCUT2D eigenvalue weighted by Gasteiger charge is -2.27. The Morgan fingerprint density at radius 2 is 2.25 bits per heavy atom. The van der Waals surface area contributed by atoms with Gasteiger partial charge >= 0.3 is 0 Å². The minimum Gasteiger partial charge on any atom is -0.496 e. The van der Waals surface area contributed by atoms with E-state index < -0.39 is 0 Å². The molecule has 0 amide bonds. The standard InChI is InChI=1S/C16H26N2O2/c1-11-5-6-15(13(3)16(11)19-4)18-12(2)9-14-10-20-8-7-17-14/h5-6,12,14,17-18H,7-10H2,1-4H3. The minimum absolute atomic E-state index is 0.389. The fraction of sp³-hybridized carbons (Fsp3) is 0.625. The third kappa shape index (κ3) is 3.64. The van der Waals surface area contributed by atoms with E-state index in [0.717, 1.165) is 37.6 Å². The Morgan fingerprint density at radius 3 is 2.90 bits per heavy atom. The van der Waals surface area contributed by atoms with E-state index in [9.17, 15) is 0 Å². The molecule has 1 aromatic rings. The molecule has 2 N–H and O–H groups in total. The Hall–Kier alpha value is -1.26. The maximum atomic E-state index is 5.50. The number of nitrogens with one attached hydrogen (secondary N) is 2. The molecule has 0 spiro atoms. The molecular weight excluding hydrogens is 252 g/mol. The van der Waals surface area contributed by atoms with E-state index in [2.05, 4.69) is 43.5 Å². The van der Waals surface area contributed by atoms with Crippen molar-refractivity contribution >= 4 is 5.69 Å². The molecule has 1 aliphatic rings. The van der Waals surface area contributed by atoms with E-state index in [-0.39, 0.29) is 0 Å². The van der Waals surface area contributed by atoms with Gasteiger partial charge in [0.2, 0.25) is 0 Å². The lowest BCUT2D eigenvalue weighted by atomic mass is 10.1. The van der Waals surface area contributed by atoms with E-state index in [0.29, 0.717) is 12.1 Å². The van der Waals surface area contributed by atoms with Gasteiger partial charge in [-0.05, 0) is 38.8 Å². The highest BCUT2D eigenvalue weighted by atomic mass is 16.5. The van der Waals surface area contributed by atoms with E-state index in [1.54, 1.807) is 7.11 Å². The third-order valence-electron chi connectivity index (χ3n) is 3.85. The van der Waals surface area contributed by atoms with Gasteiger partial charge < -0.3 is 20.1 Å². The molecule has 1 aliphatic heterocycles. The van der Waals surface area contributed by atoms with Crippen molar-refractivity contribution in [1.29, 1.82) is 0 Å². The summed E-state index contributed by atoms with van der Waals surface area (Å²) in [4.78, 5) is 0. The average Bonchev–Trinajstić information content (AvgIpc) is 2.44. The van der Waals surface area contributed by atoms with Crippen LogP contribution < -0.4 is 15.4 Å². The predicted molar refractivity (Wildman–Crippen MR) is 82.8 cm³/mol. The van der Waals surface area contributed by atoms with Crippen molar-refractivity contribution < 1.29 is 9.47 Å². The van der Waals surface area contributed by atoms with Crippen LogP contribution >= 0.6 is 0 Å². The second-order valence-electron chi connectivity index (χ2n) is 5.60. The van der Waals surface area contributed by atoms with Gasteiger partial charge in [0.1, 0.15) is 5.75 Å². The number of morpholine rings is 1. The summed E-state index contributed by atoms with van der Waals surface area (Å²) in [7, 11) is 1.73. The van der Waals surface area contributed by atoms with Crippen LogP contribution in [0.15, 0.2) is 12.1 Å². The van der Waals surface area contributed by atoms with Gasteiger partial charge in [-0.15, -0.1) is 0 Å². The molecule has 0 aromatic heterocycles. The van der Waals surface area contributed by atoms with Crippen LogP contribution in [0, 0.1) is 13.8 Å².